The fraction of sp³-hybridized carbons (Fsp3) is 0.571. The molecule has 1 aromatic rings. The summed E-state index contributed by atoms with van der Waals surface area (Å²) in [6, 6.07) is 0.0590. The number of aromatic amines is 1. The molecule has 2 rings (SSSR count). The van der Waals surface area contributed by atoms with Crippen LogP contribution in [-0.4, -0.2) is 21.4 Å². The minimum Gasteiger partial charge on any atom is -0.391 e. The van der Waals surface area contributed by atoms with Gasteiger partial charge in [0, 0.05) is 12.1 Å². The average molecular weight is 153 g/mol. The molecule has 0 spiro atoms. The minimum absolute atomic E-state index is 0.0590. The molecule has 0 saturated carbocycles. The summed E-state index contributed by atoms with van der Waals surface area (Å²) in [5.41, 5.74) is 2.19. The number of hydrogen-bond donors (Lipinski definition) is 3. The molecule has 0 aromatic carbocycles. The first-order valence-electron chi connectivity index (χ1n) is 3.72. The van der Waals surface area contributed by atoms with Crippen LogP contribution in [0.25, 0.3) is 0 Å². The van der Waals surface area contributed by atoms with Crippen LogP contribution in [0.2, 0.25) is 0 Å². The molecule has 4 nitrogen and oxygen atoms in total. The van der Waals surface area contributed by atoms with Crippen molar-refractivity contribution in [3.05, 3.63) is 17.5 Å². The number of rotatable bonds is 1. The van der Waals surface area contributed by atoms with E-state index in [2.05, 4.69) is 15.5 Å². The van der Waals surface area contributed by atoms with Crippen molar-refractivity contribution in [2.45, 2.75) is 25.6 Å². The lowest BCUT2D eigenvalue weighted by atomic mass is 10.1. The number of aromatic nitrogens is 2. The van der Waals surface area contributed by atoms with Crippen molar-refractivity contribution in [1.29, 1.82) is 0 Å². The largest absolute Gasteiger partial charge is 0.391 e. The molecule has 0 bridgehead atoms. The maximum Gasteiger partial charge on any atom is 0.0708 e. The Morgan fingerprint density at radius 1 is 1.82 bits per heavy atom. The van der Waals surface area contributed by atoms with Gasteiger partial charge in [0.25, 0.3) is 0 Å². The minimum atomic E-state index is -0.353. The number of fused-ring (bicyclic) bond motifs is 1. The molecule has 1 aliphatic heterocycles. The summed E-state index contributed by atoms with van der Waals surface area (Å²) < 4.78 is 0. The van der Waals surface area contributed by atoms with E-state index in [0.29, 0.717) is 0 Å². The molecule has 2 unspecified atom stereocenters. The van der Waals surface area contributed by atoms with Gasteiger partial charge in [0.15, 0.2) is 0 Å². The van der Waals surface area contributed by atoms with Crippen molar-refractivity contribution in [1.82, 2.24) is 15.5 Å². The van der Waals surface area contributed by atoms with Crippen molar-refractivity contribution in [2.75, 3.05) is 0 Å². The molecule has 1 aromatic heterocycles. The highest BCUT2D eigenvalue weighted by Gasteiger charge is 2.26. The maximum atomic E-state index is 9.31. The second-order valence-corrected chi connectivity index (χ2v) is 2.90. The lowest BCUT2D eigenvalue weighted by Gasteiger charge is -2.12. The molecule has 0 fully saturated rings. The number of aliphatic hydroxyl groups is 1. The summed E-state index contributed by atoms with van der Waals surface area (Å²) in [6.45, 7) is 2.56. The zero-order valence-corrected chi connectivity index (χ0v) is 6.33. The second kappa shape index (κ2) is 2.32. The smallest absolute Gasteiger partial charge is 0.0708 e. The van der Waals surface area contributed by atoms with Crippen LogP contribution in [0.15, 0.2) is 6.20 Å². The molecule has 0 amide bonds. The van der Waals surface area contributed by atoms with Gasteiger partial charge in [0.1, 0.15) is 0 Å². The van der Waals surface area contributed by atoms with E-state index in [1.165, 1.54) is 0 Å². The Hall–Kier alpha value is -0.870. The molecule has 1 aliphatic rings. The van der Waals surface area contributed by atoms with Crippen LogP contribution in [0.3, 0.4) is 0 Å². The Bertz CT molecular complexity index is 256. The molecule has 11 heavy (non-hydrogen) atoms. The fourth-order valence-electron chi connectivity index (χ4n) is 1.48. The SMILES string of the molecule is CC(O)C1NCc2[nH]ncc21. The third kappa shape index (κ3) is 0.948. The van der Waals surface area contributed by atoms with Crippen LogP contribution in [0.1, 0.15) is 24.2 Å². The van der Waals surface area contributed by atoms with Crippen molar-refractivity contribution in [3.63, 3.8) is 0 Å². The van der Waals surface area contributed by atoms with Crippen molar-refractivity contribution >= 4 is 0 Å². The van der Waals surface area contributed by atoms with E-state index in [0.717, 1.165) is 17.8 Å². The van der Waals surface area contributed by atoms with Crippen LogP contribution in [-0.2, 0) is 6.54 Å². The van der Waals surface area contributed by atoms with Crippen LogP contribution in [0.5, 0.6) is 0 Å². The Morgan fingerprint density at radius 3 is 3.36 bits per heavy atom. The zero-order chi connectivity index (χ0) is 7.84. The first-order chi connectivity index (χ1) is 5.29. The van der Waals surface area contributed by atoms with E-state index in [9.17, 15) is 5.11 Å². The fourth-order valence-corrected chi connectivity index (χ4v) is 1.48. The highest BCUT2D eigenvalue weighted by atomic mass is 16.3. The number of aliphatic hydroxyl groups excluding tert-OH is 1. The molecule has 60 valence electrons. The lowest BCUT2D eigenvalue weighted by molar-refractivity contribution is 0.150. The van der Waals surface area contributed by atoms with Crippen LogP contribution in [0, 0.1) is 0 Å². The predicted octanol–water partition coefficient (Wildman–Crippen LogP) is -0.0652. The first-order valence-corrected chi connectivity index (χ1v) is 3.72. The predicted molar refractivity (Wildman–Crippen MR) is 39.8 cm³/mol. The molecule has 2 heterocycles. The van der Waals surface area contributed by atoms with E-state index in [4.69, 9.17) is 0 Å². The van der Waals surface area contributed by atoms with Gasteiger partial charge in [0.2, 0.25) is 0 Å². The van der Waals surface area contributed by atoms with Crippen LogP contribution >= 0.6 is 0 Å². The summed E-state index contributed by atoms with van der Waals surface area (Å²) in [6.07, 6.45) is 1.42. The van der Waals surface area contributed by atoms with Crippen LogP contribution in [0.4, 0.5) is 0 Å². The average Bonchev–Trinajstić information content (AvgIpc) is 2.41. The van der Waals surface area contributed by atoms with Gasteiger partial charge in [-0.25, -0.2) is 0 Å². The van der Waals surface area contributed by atoms with Crippen molar-refractivity contribution in [3.8, 4) is 0 Å². The molecule has 3 N–H and O–H groups in total. The molecule has 0 aliphatic carbocycles. The topological polar surface area (TPSA) is 60.9 Å². The van der Waals surface area contributed by atoms with Gasteiger partial charge in [-0.05, 0) is 6.92 Å². The normalized spacial score (nSPS) is 25.1. The number of H-pyrrole nitrogens is 1. The van der Waals surface area contributed by atoms with Gasteiger partial charge in [-0.3, -0.25) is 5.10 Å². The molecule has 0 radical (unpaired) electrons. The van der Waals surface area contributed by atoms with Crippen LogP contribution < -0.4 is 5.32 Å². The van der Waals surface area contributed by atoms with E-state index in [-0.39, 0.29) is 12.1 Å². The molecular weight excluding hydrogens is 142 g/mol. The van der Waals surface area contributed by atoms with Gasteiger partial charge in [0.05, 0.1) is 24.0 Å². The van der Waals surface area contributed by atoms with E-state index < -0.39 is 0 Å². The monoisotopic (exact) mass is 153 g/mol. The Morgan fingerprint density at radius 2 is 2.64 bits per heavy atom. The number of nitrogens with zero attached hydrogens (tertiary/aromatic N) is 1. The summed E-state index contributed by atoms with van der Waals surface area (Å²) in [7, 11) is 0. The first kappa shape index (κ1) is 6.82. The number of hydrogen-bond acceptors (Lipinski definition) is 3. The zero-order valence-electron chi connectivity index (χ0n) is 6.33. The lowest BCUT2D eigenvalue weighted by Crippen LogP contribution is -2.23. The Balaban J connectivity index is 2.31. The third-order valence-corrected chi connectivity index (χ3v) is 2.07. The quantitative estimate of drug-likeness (QED) is 0.529. The summed E-state index contributed by atoms with van der Waals surface area (Å²) in [4.78, 5) is 0. The molecule has 2 atom stereocenters. The van der Waals surface area contributed by atoms with E-state index in [1.54, 1.807) is 13.1 Å². The van der Waals surface area contributed by atoms with Gasteiger partial charge in [-0.2, -0.15) is 5.10 Å². The Labute approximate surface area is 64.6 Å². The van der Waals surface area contributed by atoms with E-state index >= 15 is 0 Å². The number of nitrogens with one attached hydrogen (secondary N) is 2. The second-order valence-electron chi connectivity index (χ2n) is 2.90. The maximum absolute atomic E-state index is 9.31. The molecular formula is C7H11N3O. The standard InChI is InChI=1S/C7H11N3O/c1-4(11)7-5-2-9-10-6(5)3-8-7/h2,4,7-8,11H,3H2,1H3,(H,9,10). The van der Waals surface area contributed by atoms with Crippen molar-refractivity contribution in [2.24, 2.45) is 0 Å². The summed E-state index contributed by atoms with van der Waals surface area (Å²) in [5.74, 6) is 0. The molecule has 4 heteroatoms. The van der Waals surface area contributed by atoms with Gasteiger partial charge >= 0.3 is 0 Å². The van der Waals surface area contributed by atoms with Gasteiger partial charge in [-0.15, -0.1) is 0 Å². The summed E-state index contributed by atoms with van der Waals surface area (Å²) in [5, 5.41) is 19.3. The van der Waals surface area contributed by atoms with Gasteiger partial charge in [-0.1, -0.05) is 0 Å². The molecule has 0 saturated heterocycles. The highest BCUT2D eigenvalue weighted by Crippen LogP contribution is 2.25. The third-order valence-electron chi connectivity index (χ3n) is 2.07. The van der Waals surface area contributed by atoms with Gasteiger partial charge < -0.3 is 10.4 Å². The summed E-state index contributed by atoms with van der Waals surface area (Å²) >= 11 is 0. The van der Waals surface area contributed by atoms with Crippen molar-refractivity contribution < 1.29 is 5.11 Å². The highest BCUT2D eigenvalue weighted by molar-refractivity contribution is 5.26. The van der Waals surface area contributed by atoms with E-state index in [1.807, 2.05) is 0 Å². The Kier molecular flexibility index (Phi) is 1.44.